The van der Waals surface area contributed by atoms with Crippen LogP contribution in [-0.4, -0.2) is 19.6 Å². The summed E-state index contributed by atoms with van der Waals surface area (Å²) in [6.45, 7) is 7.62. The topological polar surface area (TPSA) is 29.3 Å². The molecule has 0 amide bonds. The second kappa shape index (κ2) is 5.90. The fraction of sp³-hybridized carbons (Fsp3) is 0.571. The number of nitrogens with zero attached hydrogens (tertiary/aromatic N) is 1. The first-order valence-corrected chi connectivity index (χ1v) is 6.05. The molecular weight excluding hydrogens is 196 g/mol. The standard InChI is InChI=1S/C14H24N2/c1-11(2)10-16(4)14-8-6-5-7-13(14)9-12(3)15/h5-8,11-12H,9-10,15H2,1-4H3. The molecule has 0 aliphatic carbocycles. The average molecular weight is 220 g/mol. The Morgan fingerprint density at radius 1 is 1.19 bits per heavy atom. The highest BCUT2D eigenvalue weighted by Gasteiger charge is 2.09. The van der Waals surface area contributed by atoms with Gasteiger partial charge >= 0.3 is 0 Å². The highest BCUT2D eigenvalue weighted by Crippen LogP contribution is 2.21. The van der Waals surface area contributed by atoms with Crippen LogP contribution in [0, 0.1) is 5.92 Å². The molecule has 0 aliphatic rings. The summed E-state index contributed by atoms with van der Waals surface area (Å²) in [7, 11) is 2.15. The third-order valence-corrected chi connectivity index (χ3v) is 2.58. The maximum absolute atomic E-state index is 5.88. The minimum Gasteiger partial charge on any atom is -0.374 e. The summed E-state index contributed by atoms with van der Waals surface area (Å²) in [6, 6.07) is 8.75. The van der Waals surface area contributed by atoms with Crippen molar-refractivity contribution >= 4 is 5.69 Å². The van der Waals surface area contributed by atoms with Gasteiger partial charge in [0.15, 0.2) is 0 Å². The van der Waals surface area contributed by atoms with Crippen molar-refractivity contribution in [2.45, 2.75) is 33.2 Å². The number of rotatable bonds is 5. The van der Waals surface area contributed by atoms with E-state index >= 15 is 0 Å². The minimum absolute atomic E-state index is 0.216. The number of hydrogen-bond donors (Lipinski definition) is 1. The highest BCUT2D eigenvalue weighted by molar-refractivity contribution is 5.53. The zero-order valence-corrected chi connectivity index (χ0v) is 10.9. The molecule has 0 bridgehead atoms. The van der Waals surface area contributed by atoms with Gasteiger partial charge in [-0.2, -0.15) is 0 Å². The maximum atomic E-state index is 5.88. The third-order valence-electron chi connectivity index (χ3n) is 2.58. The molecule has 0 aromatic heterocycles. The first kappa shape index (κ1) is 13.0. The van der Waals surface area contributed by atoms with Crippen LogP contribution in [0.4, 0.5) is 5.69 Å². The van der Waals surface area contributed by atoms with E-state index in [0.29, 0.717) is 5.92 Å². The van der Waals surface area contributed by atoms with Crippen LogP contribution in [-0.2, 0) is 6.42 Å². The van der Waals surface area contributed by atoms with E-state index in [0.717, 1.165) is 13.0 Å². The Balaban J connectivity index is 2.85. The Bertz CT molecular complexity index is 318. The van der Waals surface area contributed by atoms with Crippen LogP contribution in [0.1, 0.15) is 26.3 Å². The van der Waals surface area contributed by atoms with Crippen molar-refractivity contribution in [3.8, 4) is 0 Å². The normalized spacial score (nSPS) is 12.9. The van der Waals surface area contributed by atoms with E-state index in [2.05, 4.69) is 57.0 Å². The lowest BCUT2D eigenvalue weighted by molar-refractivity contribution is 0.635. The molecule has 0 spiro atoms. The molecule has 2 N–H and O–H groups in total. The Labute approximate surface area is 99.5 Å². The van der Waals surface area contributed by atoms with Gasteiger partial charge in [-0.15, -0.1) is 0 Å². The number of nitrogens with two attached hydrogens (primary N) is 1. The molecule has 1 aromatic rings. The summed E-state index contributed by atoms with van der Waals surface area (Å²) in [4.78, 5) is 2.32. The van der Waals surface area contributed by atoms with Crippen LogP contribution in [0.3, 0.4) is 0 Å². The minimum atomic E-state index is 0.216. The van der Waals surface area contributed by atoms with Gasteiger partial charge in [0.2, 0.25) is 0 Å². The van der Waals surface area contributed by atoms with Crippen molar-refractivity contribution < 1.29 is 0 Å². The Hall–Kier alpha value is -1.02. The van der Waals surface area contributed by atoms with Crippen molar-refractivity contribution in [1.82, 2.24) is 0 Å². The van der Waals surface area contributed by atoms with Gasteiger partial charge in [0.25, 0.3) is 0 Å². The van der Waals surface area contributed by atoms with Crippen LogP contribution in [0.2, 0.25) is 0 Å². The monoisotopic (exact) mass is 220 g/mol. The van der Waals surface area contributed by atoms with E-state index < -0.39 is 0 Å². The van der Waals surface area contributed by atoms with Crippen LogP contribution in [0.5, 0.6) is 0 Å². The maximum Gasteiger partial charge on any atom is 0.0396 e. The van der Waals surface area contributed by atoms with Crippen LogP contribution in [0.25, 0.3) is 0 Å². The molecule has 0 radical (unpaired) electrons. The summed E-state index contributed by atoms with van der Waals surface area (Å²) in [5, 5.41) is 0. The van der Waals surface area contributed by atoms with Crippen LogP contribution < -0.4 is 10.6 Å². The lowest BCUT2D eigenvalue weighted by Crippen LogP contribution is -2.25. The Morgan fingerprint density at radius 2 is 1.81 bits per heavy atom. The third kappa shape index (κ3) is 3.86. The predicted molar refractivity (Wildman–Crippen MR) is 71.9 cm³/mol. The van der Waals surface area contributed by atoms with E-state index in [1.165, 1.54) is 11.3 Å². The first-order chi connectivity index (χ1) is 7.50. The van der Waals surface area contributed by atoms with E-state index in [9.17, 15) is 0 Å². The molecule has 0 aliphatic heterocycles. The number of anilines is 1. The molecular formula is C14H24N2. The largest absolute Gasteiger partial charge is 0.374 e. The molecule has 0 heterocycles. The predicted octanol–water partition coefficient (Wildman–Crippen LogP) is 2.67. The molecule has 90 valence electrons. The zero-order valence-electron chi connectivity index (χ0n) is 10.9. The lowest BCUT2D eigenvalue weighted by Gasteiger charge is -2.24. The summed E-state index contributed by atoms with van der Waals surface area (Å²) in [6.07, 6.45) is 0.943. The highest BCUT2D eigenvalue weighted by atomic mass is 15.1. The molecule has 2 heteroatoms. The van der Waals surface area contributed by atoms with E-state index in [-0.39, 0.29) is 6.04 Å². The van der Waals surface area contributed by atoms with Crippen molar-refractivity contribution in [2.24, 2.45) is 11.7 Å². The first-order valence-electron chi connectivity index (χ1n) is 6.05. The summed E-state index contributed by atoms with van der Waals surface area (Å²) >= 11 is 0. The van der Waals surface area contributed by atoms with Crippen molar-refractivity contribution in [2.75, 3.05) is 18.5 Å². The van der Waals surface area contributed by atoms with Crippen molar-refractivity contribution in [1.29, 1.82) is 0 Å². The summed E-state index contributed by atoms with van der Waals surface area (Å²) in [5.74, 6) is 0.674. The fourth-order valence-electron chi connectivity index (χ4n) is 2.05. The molecule has 1 rings (SSSR count). The van der Waals surface area contributed by atoms with Gasteiger partial charge in [0.1, 0.15) is 0 Å². The molecule has 0 fully saturated rings. The van der Waals surface area contributed by atoms with Crippen LogP contribution in [0.15, 0.2) is 24.3 Å². The Kier molecular flexibility index (Phi) is 4.81. The van der Waals surface area contributed by atoms with Gasteiger partial charge in [0.05, 0.1) is 0 Å². The second-order valence-electron chi connectivity index (χ2n) is 5.08. The second-order valence-corrected chi connectivity index (χ2v) is 5.08. The molecule has 0 saturated carbocycles. The van der Waals surface area contributed by atoms with Crippen molar-refractivity contribution in [3.63, 3.8) is 0 Å². The smallest absolute Gasteiger partial charge is 0.0396 e. The van der Waals surface area contributed by atoms with Gasteiger partial charge in [-0.05, 0) is 30.9 Å². The molecule has 0 saturated heterocycles. The van der Waals surface area contributed by atoms with Gasteiger partial charge in [-0.25, -0.2) is 0 Å². The molecule has 1 atom stereocenters. The van der Waals surface area contributed by atoms with Gasteiger partial charge < -0.3 is 10.6 Å². The number of benzene rings is 1. The molecule has 16 heavy (non-hydrogen) atoms. The zero-order chi connectivity index (χ0) is 12.1. The summed E-state index contributed by atoms with van der Waals surface area (Å²) < 4.78 is 0. The summed E-state index contributed by atoms with van der Waals surface area (Å²) in [5.41, 5.74) is 8.54. The van der Waals surface area contributed by atoms with Crippen LogP contribution >= 0.6 is 0 Å². The fourth-order valence-corrected chi connectivity index (χ4v) is 2.05. The lowest BCUT2D eigenvalue weighted by atomic mass is 10.0. The van der Waals surface area contributed by atoms with Gasteiger partial charge in [0, 0.05) is 25.3 Å². The van der Waals surface area contributed by atoms with E-state index in [1.807, 2.05) is 0 Å². The quantitative estimate of drug-likeness (QED) is 0.826. The SMILES string of the molecule is CC(C)CN(C)c1ccccc1CC(C)N. The van der Waals surface area contributed by atoms with Gasteiger partial charge in [-0.3, -0.25) is 0 Å². The van der Waals surface area contributed by atoms with E-state index in [1.54, 1.807) is 0 Å². The number of para-hydroxylation sites is 1. The van der Waals surface area contributed by atoms with Crippen molar-refractivity contribution in [3.05, 3.63) is 29.8 Å². The molecule has 1 unspecified atom stereocenters. The molecule has 2 nitrogen and oxygen atoms in total. The average Bonchev–Trinajstić information content (AvgIpc) is 2.16. The van der Waals surface area contributed by atoms with E-state index in [4.69, 9.17) is 5.73 Å². The Morgan fingerprint density at radius 3 is 2.38 bits per heavy atom. The number of hydrogen-bond acceptors (Lipinski definition) is 2. The molecule has 1 aromatic carbocycles. The van der Waals surface area contributed by atoms with Gasteiger partial charge in [-0.1, -0.05) is 32.0 Å².